The fourth-order valence-corrected chi connectivity index (χ4v) is 2.41. The van der Waals surface area contributed by atoms with E-state index in [4.69, 9.17) is 13.8 Å². The van der Waals surface area contributed by atoms with Gasteiger partial charge in [0.25, 0.3) is 20.2 Å². The van der Waals surface area contributed by atoms with Crippen LogP contribution in [0.1, 0.15) is 12.8 Å². The Bertz CT molecular complexity index is 311. The van der Waals surface area contributed by atoms with Crippen molar-refractivity contribution in [3.05, 3.63) is 0 Å². The summed E-state index contributed by atoms with van der Waals surface area (Å²) in [7, 11) is -8.59. The van der Waals surface area contributed by atoms with Crippen LogP contribution in [0.2, 0.25) is 0 Å². The molecule has 1 rings (SSSR count). The highest BCUT2D eigenvalue weighted by Gasteiger charge is 2.11. The van der Waals surface area contributed by atoms with Gasteiger partial charge in [0, 0.05) is 13.2 Å². The summed E-state index contributed by atoms with van der Waals surface area (Å²) >= 11 is 0. The van der Waals surface area contributed by atoms with Crippen LogP contribution in [0, 0.1) is 0 Å². The maximum absolute atomic E-state index is 9.86. The Morgan fingerprint density at radius 1 is 0.867 bits per heavy atom. The molecule has 0 saturated carbocycles. The predicted octanol–water partition coefficient (Wildman–Crippen LogP) is -0.441. The number of hydrogen-bond acceptors (Lipinski definition) is 5. The van der Waals surface area contributed by atoms with Gasteiger partial charge in [-0.25, -0.2) is 0 Å². The minimum Gasteiger partial charge on any atom is -0.381 e. The molecule has 0 spiro atoms. The molecule has 0 aliphatic carbocycles. The van der Waals surface area contributed by atoms with Crippen molar-refractivity contribution in [1.82, 2.24) is 0 Å². The molecule has 15 heavy (non-hydrogen) atoms. The van der Waals surface area contributed by atoms with Crippen molar-refractivity contribution >= 4 is 20.2 Å². The first-order valence-electron chi connectivity index (χ1n) is 4.19. The lowest BCUT2D eigenvalue weighted by atomic mass is 10.4. The van der Waals surface area contributed by atoms with Gasteiger partial charge in [-0.15, -0.1) is 0 Å². The van der Waals surface area contributed by atoms with E-state index < -0.39 is 31.7 Å². The molecule has 0 atom stereocenters. The lowest BCUT2D eigenvalue weighted by Gasteiger charge is -1.92. The Kier molecular flexibility index (Phi) is 6.29. The summed E-state index contributed by atoms with van der Waals surface area (Å²) in [5.74, 6) is -1.96. The fraction of sp³-hybridized carbons (Fsp3) is 1.00. The second-order valence-corrected chi connectivity index (χ2v) is 6.04. The van der Waals surface area contributed by atoms with Gasteiger partial charge in [0.1, 0.15) is 0 Å². The molecule has 1 fully saturated rings. The highest BCUT2D eigenvalue weighted by atomic mass is 32.2. The Balaban J connectivity index is 0.000000322. The van der Waals surface area contributed by atoms with Crippen LogP contribution in [-0.2, 0) is 25.0 Å². The van der Waals surface area contributed by atoms with Crippen LogP contribution in [0.3, 0.4) is 0 Å². The zero-order valence-corrected chi connectivity index (χ0v) is 9.63. The second kappa shape index (κ2) is 6.38. The van der Waals surface area contributed by atoms with Gasteiger partial charge in [0.2, 0.25) is 0 Å². The zero-order chi connectivity index (χ0) is 11.9. The van der Waals surface area contributed by atoms with Gasteiger partial charge >= 0.3 is 0 Å². The molecule has 0 aromatic carbocycles. The maximum Gasteiger partial charge on any atom is 0.265 e. The second-order valence-electron chi connectivity index (χ2n) is 2.89. The summed E-state index contributed by atoms with van der Waals surface area (Å²) in [5.41, 5.74) is 0. The van der Waals surface area contributed by atoms with Crippen LogP contribution >= 0.6 is 0 Å². The van der Waals surface area contributed by atoms with Gasteiger partial charge in [-0.3, -0.25) is 9.11 Å². The molecule has 1 aliphatic rings. The zero-order valence-electron chi connectivity index (χ0n) is 7.99. The van der Waals surface area contributed by atoms with Gasteiger partial charge < -0.3 is 4.74 Å². The van der Waals surface area contributed by atoms with Crippen molar-refractivity contribution in [3.63, 3.8) is 0 Å². The van der Waals surface area contributed by atoms with Crippen molar-refractivity contribution in [2.75, 3.05) is 24.7 Å². The van der Waals surface area contributed by atoms with Crippen LogP contribution in [0.25, 0.3) is 0 Å². The summed E-state index contributed by atoms with van der Waals surface area (Å²) in [6.45, 7) is 2.00. The molecule has 9 heteroatoms. The standard InChI is InChI=1S/C4H8O.C2H6O6S2/c1-2-4-5-3-1;3-9(4,5)1-2-10(6,7)8/h1-4H2;1-2H2,(H,3,4,5)(H,6,7,8). The van der Waals surface area contributed by atoms with E-state index in [0.29, 0.717) is 0 Å². The molecule has 0 amide bonds. The van der Waals surface area contributed by atoms with E-state index in [2.05, 4.69) is 0 Å². The summed E-state index contributed by atoms with van der Waals surface area (Å²) in [6, 6.07) is 0. The average molecular weight is 262 g/mol. The number of ether oxygens (including phenoxy) is 1. The SMILES string of the molecule is C1CCOC1.O=S(=O)(O)CCS(=O)(=O)O. The Hall–Kier alpha value is -0.220. The quantitative estimate of drug-likeness (QED) is 0.662. The summed E-state index contributed by atoms with van der Waals surface area (Å²) in [5, 5.41) is 0. The third kappa shape index (κ3) is 13.8. The molecule has 92 valence electrons. The Morgan fingerprint density at radius 3 is 1.33 bits per heavy atom. The summed E-state index contributed by atoms with van der Waals surface area (Å²) in [6.07, 6.45) is 2.56. The highest BCUT2D eigenvalue weighted by Crippen LogP contribution is 1.98. The predicted molar refractivity (Wildman–Crippen MR) is 52.9 cm³/mol. The normalized spacial score (nSPS) is 16.9. The molecule has 0 unspecified atom stereocenters. The summed E-state index contributed by atoms with van der Waals surface area (Å²) < 4.78 is 60.3. The molecule has 2 N–H and O–H groups in total. The first-order chi connectivity index (χ1) is 6.71. The molecule has 0 radical (unpaired) electrons. The summed E-state index contributed by atoms with van der Waals surface area (Å²) in [4.78, 5) is 0. The van der Waals surface area contributed by atoms with Gasteiger partial charge in [-0.1, -0.05) is 0 Å². The lowest BCUT2D eigenvalue weighted by Crippen LogP contribution is -2.15. The van der Waals surface area contributed by atoms with Crippen LogP contribution in [-0.4, -0.2) is 50.7 Å². The molecular formula is C6H14O7S2. The Morgan fingerprint density at radius 2 is 1.20 bits per heavy atom. The fourth-order valence-electron chi connectivity index (χ4n) is 0.721. The van der Waals surface area contributed by atoms with Gasteiger partial charge in [-0.2, -0.15) is 16.8 Å². The van der Waals surface area contributed by atoms with Crippen LogP contribution in [0.5, 0.6) is 0 Å². The van der Waals surface area contributed by atoms with Crippen molar-refractivity contribution in [1.29, 1.82) is 0 Å². The molecule has 1 saturated heterocycles. The molecule has 1 aliphatic heterocycles. The van der Waals surface area contributed by atoms with E-state index in [-0.39, 0.29) is 0 Å². The molecule has 0 bridgehead atoms. The van der Waals surface area contributed by atoms with E-state index >= 15 is 0 Å². The molecule has 7 nitrogen and oxygen atoms in total. The van der Waals surface area contributed by atoms with Gasteiger partial charge in [0.05, 0.1) is 11.5 Å². The monoisotopic (exact) mass is 262 g/mol. The highest BCUT2D eigenvalue weighted by molar-refractivity contribution is 7.89. The largest absolute Gasteiger partial charge is 0.381 e. The molecular weight excluding hydrogens is 248 g/mol. The van der Waals surface area contributed by atoms with Crippen LogP contribution < -0.4 is 0 Å². The average Bonchev–Trinajstić information content (AvgIpc) is 2.54. The van der Waals surface area contributed by atoms with Crippen molar-refractivity contribution in [2.24, 2.45) is 0 Å². The van der Waals surface area contributed by atoms with Crippen molar-refractivity contribution in [2.45, 2.75) is 12.8 Å². The number of rotatable bonds is 3. The van der Waals surface area contributed by atoms with E-state index in [1.165, 1.54) is 12.8 Å². The van der Waals surface area contributed by atoms with E-state index in [9.17, 15) is 16.8 Å². The first-order valence-corrected chi connectivity index (χ1v) is 7.40. The van der Waals surface area contributed by atoms with Crippen LogP contribution in [0.15, 0.2) is 0 Å². The third-order valence-corrected chi connectivity index (χ3v) is 3.13. The molecule has 0 aromatic heterocycles. The lowest BCUT2D eigenvalue weighted by molar-refractivity contribution is 0.198. The maximum atomic E-state index is 9.86. The minimum absolute atomic E-state index is 0.980. The molecule has 1 heterocycles. The van der Waals surface area contributed by atoms with Crippen LogP contribution in [0.4, 0.5) is 0 Å². The first kappa shape index (κ1) is 14.8. The van der Waals surface area contributed by atoms with Gasteiger partial charge in [0.15, 0.2) is 0 Å². The van der Waals surface area contributed by atoms with Crippen molar-refractivity contribution in [3.8, 4) is 0 Å². The minimum atomic E-state index is -4.30. The number of hydrogen-bond donors (Lipinski definition) is 2. The van der Waals surface area contributed by atoms with Gasteiger partial charge in [-0.05, 0) is 12.8 Å². The smallest absolute Gasteiger partial charge is 0.265 e. The Labute approximate surface area is 88.9 Å². The van der Waals surface area contributed by atoms with E-state index in [0.717, 1.165) is 13.2 Å². The van der Waals surface area contributed by atoms with Crippen molar-refractivity contribution < 1.29 is 30.7 Å². The third-order valence-electron chi connectivity index (χ3n) is 1.43. The van der Waals surface area contributed by atoms with E-state index in [1.807, 2.05) is 0 Å². The van der Waals surface area contributed by atoms with E-state index in [1.54, 1.807) is 0 Å². The molecule has 0 aromatic rings. The topological polar surface area (TPSA) is 118 Å².